The van der Waals surface area contributed by atoms with Gasteiger partial charge in [0.25, 0.3) is 0 Å². The van der Waals surface area contributed by atoms with Crippen molar-refractivity contribution in [2.24, 2.45) is 29.1 Å². The monoisotopic (exact) mass is 422 g/mol. The normalized spacial score (nSPS) is 42.2. The first kappa shape index (κ1) is 22.5. The van der Waals surface area contributed by atoms with Crippen LogP contribution in [0.2, 0.25) is 0 Å². The molecule has 0 aromatic rings. The molecule has 0 unspecified atom stereocenters. The van der Waals surface area contributed by atoms with Crippen molar-refractivity contribution in [1.82, 2.24) is 0 Å². The Morgan fingerprint density at radius 3 is 2.38 bits per heavy atom. The molecule has 1 N–H and O–H groups in total. The number of carbonyl (C=O) groups is 1. The summed E-state index contributed by atoms with van der Waals surface area (Å²) in [5.41, 5.74) is -1.11. The highest BCUT2D eigenvalue weighted by Crippen LogP contribution is 2.55. The van der Waals surface area contributed by atoms with E-state index in [0.29, 0.717) is 36.2 Å². The fraction of sp³-hybridized carbons (Fsp3) is 0.857. The van der Waals surface area contributed by atoms with Crippen LogP contribution in [0.3, 0.4) is 0 Å². The number of fused-ring (bicyclic) bond motifs is 1. The fourth-order valence-corrected chi connectivity index (χ4v) is 5.67. The molecule has 0 aromatic heterocycles. The molecular weight excluding hydrogens is 391 g/mol. The van der Waals surface area contributed by atoms with Gasteiger partial charge in [0.2, 0.25) is 3.79 Å². The van der Waals surface area contributed by atoms with E-state index in [1.165, 1.54) is 12.5 Å². The van der Waals surface area contributed by atoms with E-state index in [4.69, 9.17) is 34.8 Å². The maximum atomic E-state index is 13.0. The molecule has 2 nitrogen and oxygen atoms in total. The van der Waals surface area contributed by atoms with Crippen LogP contribution in [0.25, 0.3) is 0 Å². The zero-order chi connectivity index (χ0) is 19.9. The second kappa shape index (κ2) is 7.93. The predicted octanol–water partition coefficient (Wildman–Crippen LogP) is 6.50. The van der Waals surface area contributed by atoms with Gasteiger partial charge in [0, 0.05) is 6.42 Å². The summed E-state index contributed by atoms with van der Waals surface area (Å²) in [6, 6.07) is 0. The van der Waals surface area contributed by atoms with Gasteiger partial charge < -0.3 is 5.11 Å². The number of aliphatic hydroxyl groups is 1. The summed E-state index contributed by atoms with van der Waals surface area (Å²) in [5, 5.41) is 11.1. The van der Waals surface area contributed by atoms with Crippen LogP contribution < -0.4 is 0 Å². The van der Waals surface area contributed by atoms with Gasteiger partial charge in [-0.2, -0.15) is 0 Å². The van der Waals surface area contributed by atoms with Gasteiger partial charge in [-0.1, -0.05) is 68.9 Å². The minimum Gasteiger partial charge on any atom is -0.381 e. The molecule has 2 aliphatic carbocycles. The average Bonchev–Trinajstić information content (AvgIpc) is 2.79. The van der Waals surface area contributed by atoms with Crippen LogP contribution >= 0.6 is 34.8 Å². The fourth-order valence-electron chi connectivity index (χ4n) is 5.28. The molecule has 0 saturated heterocycles. The second-order valence-corrected chi connectivity index (χ2v) is 11.7. The Labute approximate surface area is 173 Å². The SMILES string of the molecule is C/C1=C\[C@](O)(C(Cl)(Cl)Cl)C[C@H](C)CC[C@@H]2[C@H](C(C)C)CC[C@@]2(C)CC1=O. The molecular formula is C21H33Cl3O2. The molecule has 0 spiro atoms. The number of allylic oxidation sites excluding steroid dienone is 1. The highest BCUT2D eigenvalue weighted by Gasteiger charge is 2.50. The number of alkyl halides is 3. The highest BCUT2D eigenvalue weighted by molar-refractivity contribution is 6.68. The van der Waals surface area contributed by atoms with Gasteiger partial charge in [-0.3, -0.25) is 4.79 Å². The first-order valence-electron chi connectivity index (χ1n) is 9.81. The lowest BCUT2D eigenvalue weighted by molar-refractivity contribution is -0.118. The maximum absolute atomic E-state index is 13.0. The Bertz CT molecular complexity index is 566. The molecule has 0 radical (unpaired) electrons. The van der Waals surface area contributed by atoms with Crippen LogP contribution in [-0.2, 0) is 4.79 Å². The van der Waals surface area contributed by atoms with Crippen LogP contribution in [0.1, 0.15) is 73.1 Å². The Kier molecular flexibility index (Phi) is 6.87. The lowest BCUT2D eigenvalue weighted by atomic mass is 9.68. The van der Waals surface area contributed by atoms with Crippen molar-refractivity contribution < 1.29 is 9.90 Å². The summed E-state index contributed by atoms with van der Waals surface area (Å²) >= 11 is 18.3. The van der Waals surface area contributed by atoms with Gasteiger partial charge in [-0.25, -0.2) is 0 Å². The molecule has 26 heavy (non-hydrogen) atoms. The minimum absolute atomic E-state index is 0.0171. The predicted molar refractivity (Wildman–Crippen MR) is 111 cm³/mol. The zero-order valence-electron chi connectivity index (χ0n) is 16.6. The summed E-state index contributed by atoms with van der Waals surface area (Å²) in [5.74, 6) is 2.06. The minimum atomic E-state index is -1.86. The van der Waals surface area contributed by atoms with E-state index >= 15 is 0 Å². The Morgan fingerprint density at radius 1 is 1.23 bits per heavy atom. The number of halogens is 3. The lowest BCUT2D eigenvalue weighted by Crippen LogP contribution is -2.43. The summed E-state index contributed by atoms with van der Waals surface area (Å²) in [7, 11) is 0. The third-order valence-corrected chi connectivity index (χ3v) is 7.88. The molecule has 1 saturated carbocycles. The van der Waals surface area contributed by atoms with Crippen molar-refractivity contribution in [1.29, 1.82) is 0 Å². The molecule has 0 aliphatic heterocycles. The molecule has 5 heteroatoms. The molecule has 150 valence electrons. The molecule has 0 bridgehead atoms. The van der Waals surface area contributed by atoms with Crippen molar-refractivity contribution >= 4 is 40.6 Å². The standard InChI is InChI=1S/C21H33Cl3O2/c1-13(2)16-8-9-19(5)12-18(25)15(4)11-20(26,21(22,23)24)10-14(3)6-7-17(16)19/h11,13-14,16-17,26H,6-10,12H2,1-5H3/b15-11+/t14-,16+,17-,19+,20+/m1/s1. The Morgan fingerprint density at radius 2 is 1.85 bits per heavy atom. The van der Waals surface area contributed by atoms with Gasteiger partial charge in [-0.05, 0) is 73.3 Å². The van der Waals surface area contributed by atoms with Crippen molar-refractivity contribution in [2.75, 3.05) is 0 Å². The van der Waals surface area contributed by atoms with Crippen LogP contribution in [0, 0.1) is 29.1 Å². The molecule has 5 atom stereocenters. The van der Waals surface area contributed by atoms with Crippen LogP contribution in [-0.4, -0.2) is 20.3 Å². The van der Waals surface area contributed by atoms with Gasteiger partial charge in [-0.15, -0.1) is 0 Å². The largest absolute Gasteiger partial charge is 0.381 e. The molecule has 0 heterocycles. The number of hydrogen-bond acceptors (Lipinski definition) is 2. The third-order valence-electron chi connectivity index (χ3n) is 6.90. The number of ketones is 1. The first-order valence-corrected chi connectivity index (χ1v) is 10.9. The van der Waals surface area contributed by atoms with E-state index < -0.39 is 9.39 Å². The van der Waals surface area contributed by atoms with Crippen LogP contribution in [0.5, 0.6) is 0 Å². The van der Waals surface area contributed by atoms with E-state index in [2.05, 4.69) is 27.7 Å². The van der Waals surface area contributed by atoms with Crippen LogP contribution in [0.4, 0.5) is 0 Å². The van der Waals surface area contributed by atoms with E-state index in [1.807, 2.05) is 0 Å². The smallest absolute Gasteiger partial charge is 0.222 e. The van der Waals surface area contributed by atoms with Crippen LogP contribution in [0.15, 0.2) is 11.6 Å². The lowest BCUT2D eigenvalue weighted by Gasteiger charge is -2.36. The molecule has 2 rings (SSSR count). The second-order valence-electron chi connectivity index (χ2n) is 9.44. The summed E-state index contributed by atoms with van der Waals surface area (Å²) in [6.07, 6.45) is 6.65. The van der Waals surface area contributed by atoms with Crippen molar-refractivity contribution in [3.05, 3.63) is 11.6 Å². The molecule has 0 aromatic carbocycles. The van der Waals surface area contributed by atoms with E-state index in [9.17, 15) is 9.90 Å². The first-order chi connectivity index (χ1) is 11.8. The van der Waals surface area contributed by atoms with E-state index in [-0.39, 0.29) is 17.1 Å². The molecule has 1 fully saturated rings. The van der Waals surface area contributed by atoms with Gasteiger partial charge in [0.15, 0.2) is 5.78 Å². The highest BCUT2D eigenvalue weighted by atomic mass is 35.6. The average molecular weight is 424 g/mol. The summed E-state index contributed by atoms with van der Waals surface area (Å²) in [4.78, 5) is 13.0. The maximum Gasteiger partial charge on any atom is 0.222 e. The molecule has 2 aliphatic rings. The van der Waals surface area contributed by atoms with Crippen molar-refractivity contribution in [3.63, 3.8) is 0 Å². The Balaban J connectivity index is 2.42. The number of rotatable bonds is 1. The number of Topliss-reactive ketones (excluding diaryl/α,β-unsaturated/α-hetero) is 1. The third kappa shape index (κ3) is 4.62. The zero-order valence-corrected chi connectivity index (χ0v) is 18.9. The number of carbonyl (C=O) groups excluding carboxylic acids is 1. The van der Waals surface area contributed by atoms with Crippen molar-refractivity contribution in [3.8, 4) is 0 Å². The van der Waals surface area contributed by atoms with Gasteiger partial charge in [0.1, 0.15) is 5.60 Å². The van der Waals surface area contributed by atoms with E-state index in [0.717, 1.165) is 19.3 Å². The summed E-state index contributed by atoms with van der Waals surface area (Å²) < 4.78 is -1.86. The summed E-state index contributed by atoms with van der Waals surface area (Å²) in [6.45, 7) is 10.7. The number of hydrogen-bond donors (Lipinski definition) is 1. The Hall–Kier alpha value is 0.240. The van der Waals surface area contributed by atoms with Gasteiger partial charge >= 0.3 is 0 Å². The molecule has 0 amide bonds. The quantitative estimate of drug-likeness (QED) is 0.488. The van der Waals surface area contributed by atoms with Gasteiger partial charge in [0.05, 0.1) is 0 Å². The van der Waals surface area contributed by atoms with E-state index in [1.54, 1.807) is 6.92 Å². The van der Waals surface area contributed by atoms with Crippen molar-refractivity contribution in [2.45, 2.75) is 82.5 Å². The topological polar surface area (TPSA) is 37.3 Å².